The monoisotopic (exact) mass is 297 g/mol. The second-order valence-corrected chi connectivity index (χ2v) is 5.96. The molecule has 4 heteroatoms. The molecular formula is C16H24ClNO2. The molecule has 1 atom stereocenters. The molecule has 2 rings (SSSR count). The van der Waals surface area contributed by atoms with Crippen LogP contribution in [0.25, 0.3) is 0 Å². The molecule has 20 heavy (non-hydrogen) atoms. The quantitative estimate of drug-likeness (QED) is 0.689. The van der Waals surface area contributed by atoms with E-state index in [1.807, 2.05) is 24.3 Å². The highest BCUT2D eigenvalue weighted by molar-refractivity contribution is 6.31. The van der Waals surface area contributed by atoms with Gasteiger partial charge < -0.3 is 15.2 Å². The first kappa shape index (κ1) is 15.8. The number of ether oxygens (including phenoxy) is 1. The van der Waals surface area contributed by atoms with Gasteiger partial charge in [0.25, 0.3) is 0 Å². The maximum absolute atomic E-state index is 9.81. The molecule has 0 heterocycles. The summed E-state index contributed by atoms with van der Waals surface area (Å²) in [4.78, 5) is 0. The second-order valence-electron chi connectivity index (χ2n) is 5.55. The molecule has 1 saturated carbocycles. The number of hydrogen-bond acceptors (Lipinski definition) is 3. The number of nitrogens with one attached hydrogen (secondary N) is 1. The predicted octanol–water partition coefficient (Wildman–Crippen LogP) is 3.00. The third kappa shape index (κ3) is 5.41. The van der Waals surface area contributed by atoms with Gasteiger partial charge in [-0.2, -0.15) is 0 Å². The molecule has 3 nitrogen and oxygen atoms in total. The van der Waals surface area contributed by atoms with Crippen LogP contribution in [0.1, 0.15) is 31.2 Å². The fraction of sp³-hybridized carbons (Fsp3) is 0.625. The Hall–Kier alpha value is -0.610. The molecule has 1 fully saturated rings. The van der Waals surface area contributed by atoms with Crippen LogP contribution in [-0.4, -0.2) is 30.9 Å². The van der Waals surface area contributed by atoms with E-state index in [0.29, 0.717) is 24.8 Å². The Kier molecular flexibility index (Phi) is 6.80. The topological polar surface area (TPSA) is 41.5 Å². The van der Waals surface area contributed by atoms with Crippen LogP contribution in [0.4, 0.5) is 0 Å². The maximum atomic E-state index is 9.81. The van der Waals surface area contributed by atoms with Gasteiger partial charge in [0.2, 0.25) is 0 Å². The number of halogens is 1. The maximum Gasteiger partial charge on any atom is 0.0897 e. The minimum atomic E-state index is -0.459. The number of benzene rings is 1. The summed E-state index contributed by atoms with van der Waals surface area (Å²) in [6.07, 6.45) is 4.92. The van der Waals surface area contributed by atoms with Crippen molar-refractivity contribution >= 4 is 11.6 Å². The first-order valence-corrected chi connectivity index (χ1v) is 7.83. The van der Waals surface area contributed by atoms with E-state index in [4.69, 9.17) is 16.3 Å². The van der Waals surface area contributed by atoms with Crippen molar-refractivity contribution in [1.29, 1.82) is 0 Å². The average Bonchev–Trinajstić information content (AvgIpc) is 2.39. The summed E-state index contributed by atoms with van der Waals surface area (Å²) >= 11 is 6.04. The van der Waals surface area contributed by atoms with E-state index in [1.165, 1.54) is 25.7 Å². The van der Waals surface area contributed by atoms with Gasteiger partial charge in [0.1, 0.15) is 0 Å². The Morgan fingerprint density at radius 3 is 2.85 bits per heavy atom. The molecule has 112 valence electrons. The fourth-order valence-corrected chi connectivity index (χ4v) is 2.53. The molecular weight excluding hydrogens is 274 g/mol. The molecule has 1 unspecified atom stereocenters. The molecule has 0 aromatic heterocycles. The summed E-state index contributed by atoms with van der Waals surface area (Å²) in [5.74, 6) is 0.913. The minimum absolute atomic E-state index is 0.335. The van der Waals surface area contributed by atoms with E-state index >= 15 is 0 Å². The SMILES string of the molecule is OC(CNCCC1CCC1)COCc1ccccc1Cl. The van der Waals surface area contributed by atoms with Crippen LogP contribution in [0.3, 0.4) is 0 Å². The number of rotatable bonds is 9. The van der Waals surface area contributed by atoms with Crippen molar-refractivity contribution in [3.63, 3.8) is 0 Å². The molecule has 0 radical (unpaired) electrons. The second kappa shape index (κ2) is 8.63. The zero-order valence-electron chi connectivity index (χ0n) is 11.9. The highest BCUT2D eigenvalue weighted by atomic mass is 35.5. The highest BCUT2D eigenvalue weighted by Crippen LogP contribution is 2.28. The normalized spacial score (nSPS) is 16.9. The van der Waals surface area contributed by atoms with E-state index in [0.717, 1.165) is 18.0 Å². The van der Waals surface area contributed by atoms with Crippen LogP contribution in [0, 0.1) is 5.92 Å². The lowest BCUT2D eigenvalue weighted by Crippen LogP contribution is -2.32. The van der Waals surface area contributed by atoms with Crippen molar-refractivity contribution in [2.24, 2.45) is 5.92 Å². The molecule has 1 aromatic rings. The van der Waals surface area contributed by atoms with Crippen LogP contribution in [0.2, 0.25) is 5.02 Å². The Labute approximate surface area is 126 Å². The van der Waals surface area contributed by atoms with Gasteiger partial charge in [-0.3, -0.25) is 0 Å². The van der Waals surface area contributed by atoms with Crippen LogP contribution in [-0.2, 0) is 11.3 Å². The van der Waals surface area contributed by atoms with Gasteiger partial charge in [0, 0.05) is 11.6 Å². The van der Waals surface area contributed by atoms with Gasteiger partial charge in [-0.1, -0.05) is 49.1 Å². The van der Waals surface area contributed by atoms with E-state index in [9.17, 15) is 5.11 Å². The number of hydrogen-bond donors (Lipinski definition) is 2. The molecule has 1 aliphatic carbocycles. The summed E-state index contributed by atoms with van der Waals surface area (Å²) in [6, 6.07) is 7.61. The lowest BCUT2D eigenvalue weighted by Gasteiger charge is -2.25. The smallest absolute Gasteiger partial charge is 0.0897 e. The zero-order valence-corrected chi connectivity index (χ0v) is 12.6. The molecule has 0 amide bonds. The molecule has 0 aliphatic heterocycles. The predicted molar refractivity (Wildman–Crippen MR) is 81.9 cm³/mol. The van der Waals surface area contributed by atoms with Gasteiger partial charge in [0.15, 0.2) is 0 Å². The Balaban J connectivity index is 1.51. The first-order chi connectivity index (χ1) is 9.75. The first-order valence-electron chi connectivity index (χ1n) is 7.45. The van der Waals surface area contributed by atoms with Crippen LogP contribution >= 0.6 is 11.6 Å². The Bertz CT molecular complexity index is 396. The third-order valence-electron chi connectivity index (χ3n) is 3.86. The Morgan fingerprint density at radius 1 is 1.35 bits per heavy atom. The van der Waals surface area contributed by atoms with Gasteiger partial charge >= 0.3 is 0 Å². The molecule has 2 N–H and O–H groups in total. The third-order valence-corrected chi connectivity index (χ3v) is 4.23. The number of aliphatic hydroxyl groups is 1. The van der Waals surface area contributed by atoms with Gasteiger partial charge in [-0.05, 0) is 30.5 Å². The standard InChI is InChI=1S/C16H24ClNO2/c17-16-7-2-1-6-14(16)11-20-12-15(19)10-18-9-8-13-4-3-5-13/h1-2,6-7,13,15,18-19H,3-5,8-12H2. The average molecular weight is 298 g/mol. The molecule has 1 aromatic carbocycles. The number of aliphatic hydroxyl groups excluding tert-OH is 1. The van der Waals surface area contributed by atoms with Crippen LogP contribution in [0.5, 0.6) is 0 Å². The lowest BCUT2D eigenvalue weighted by atomic mass is 9.83. The van der Waals surface area contributed by atoms with Crippen molar-refractivity contribution in [3.8, 4) is 0 Å². The largest absolute Gasteiger partial charge is 0.389 e. The molecule has 0 bridgehead atoms. The summed E-state index contributed by atoms with van der Waals surface area (Å²) in [7, 11) is 0. The van der Waals surface area contributed by atoms with Gasteiger partial charge in [-0.25, -0.2) is 0 Å². The zero-order chi connectivity index (χ0) is 14.2. The van der Waals surface area contributed by atoms with Crippen molar-refractivity contribution < 1.29 is 9.84 Å². The van der Waals surface area contributed by atoms with Crippen LogP contribution in [0.15, 0.2) is 24.3 Å². The van der Waals surface area contributed by atoms with Gasteiger partial charge in [-0.15, -0.1) is 0 Å². The Morgan fingerprint density at radius 2 is 2.15 bits per heavy atom. The molecule has 1 aliphatic rings. The van der Waals surface area contributed by atoms with Crippen molar-refractivity contribution in [1.82, 2.24) is 5.32 Å². The summed E-state index contributed by atoms with van der Waals surface area (Å²) in [5.41, 5.74) is 0.958. The lowest BCUT2D eigenvalue weighted by molar-refractivity contribution is 0.0287. The van der Waals surface area contributed by atoms with Crippen molar-refractivity contribution in [2.45, 2.75) is 38.4 Å². The molecule has 0 saturated heterocycles. The van der Waals surface area contributed by atoms with E-state index < -0.39 is 6.10 Å². The van der Waals surface area contributed by atoms with Crippen molar-refractivity contribution in [3.05, 3.63) is 34.9 Å². The van der Waals surface area contributed by atoms with E-state index in [2.05, 4.69) is 5.32 Å². The fourth-order valence-electron chi connectivity index (χ4n) is 2.34. The van der Waals surface area contributed by atoms with Crippen LogP contribution < -0.4 is 5.32 Å². The minimum Gasteiger partial charge on any atom is -0.389 e. The summed E-state index contributed by atoms with van der Waals surface area (Å²) in [6.45, 7) is 2.36. The van der Waals surface area contributed by atoms with E-state index in [-0.39, 0.29) is 0 Å². The summed E-state index contributed by atoms with van der Waals surface area (Å²) < 4.78 is 5.50. The van der Waals surface area contributed by atoms with Crippen molar-refractivity contribution in [2.75, 3.05) is 19.7 Å². The molecule has 0 spiro atoms. The highest BCUT2D eigenvalue weighted by Gasteiger charge is 2.16. The summed E-state index contributed by atoms with van der Waals surface area (Å²) in [5, 5.41) is 13.8. The van der Waals surface area contributed by atoms with Gasteiger partial charge in [0.05, 0.1) is 19.3 Å². The van der Waals surface area contributed by atoms with E-state index in [1.54, 1.807) is 0 Å².